The van der Waals surface area contributed by atoms with Gasteiger partial charge in [-0.25, -0.2) is 0 Å². The lowest BCUT2D eigenvalue weighted by Crippen LogP contribution is -2.50. The number of carbonyl (C=O) groups excluding carboxylic acids is 1. The van der Waals surface area contributed by atoms with Gasteiger partial charge in [0.2, 0.25) is 0 Å². The molecule has 28 heavy (non-hydrogen) atoms. The second-order valence-corrected chi connectivity index (χ2v) is 7.04. The van der Waals surface area contributed by atoms with Gasteiger partial charge in [-0.3, -0.25) is 14.7 Å². The Hall–Kier alpha value is -3.00. The van der Waals surface area contributed by atoms with Gasteiger partial charge in [0.25, 0.3) is 5.56 Å². The highest BCUT2D eigenvalue weighted by Gasteiger charge is 2.51. The van der Waals surface area contributed by atoms with Crippen LogP contribution < -0.4 is 10.3 Å². The number of H-pyrrole nitrogens is 2. The van der Waals surface area contributed by atoms with Crippen molar-refractivity contribution in [2.24, 2.45) is 5.92 Å². The van der Waals surface area contributed by atoms with E-state index in [2.05, 4.69) is 16.8 Å². The molecule has 3 rings (SSSR count). The standard InChI is InChI=1S/C20H24N2O6/c1-4-8-28-19(25)17-15(11-6-7-13(23)14(9-11)27-5-2)16-12(10-20(17,3)26)21-22-18(16)24/h4,6-7,9,15,17,23,26H,1,5,8,10H2,2-3H3,(H2,21,22,24)/t15-,17+,20+/m1/s1. The highest BCUT2D eigenvalue weighted by molar-refractivity contribution is 5.77. The molecule has 4 N–H and O–H groups in total. The van der Waals surface area contributed by atoms with E-state index in [4.69, 9.17) is 9.47 Å². The minimum atomic E-state index is -1.47. The molecule has 0 saturated heterocycles. The van der Waals surface area contributed by atoms with Crippen molar-refractivity contribution in [3.05, 3.63) is 58.0 Å². The molecule has 150 valence electrons. The van der Waals surface area contributed by atoms with E-state index in [0.717, 1.165) is 0 Å². The van der Waals surface area contributed by atoms with Crippen LogP contribution in [0.1, 0.15) is 36.6 Å². The zero-order chi connectivity index (χ0) is 20.5. The highest BCUT2D eigenvalue weighted by atomic mass is 16.5. The highest BCUT2D eigenvalue weighted by Crippen LogP contribution is 2.45. The quantitative estimate of drug-likeness (QED) is 0.440. The number of nitrogens with one attached hydrogen (secondary N) is 2. The fraction of sp³-hybridized carbons (Fsp3) is 0.400. The molecule has 0 radical (unpaired) electrons. The molecule has 8 heteroatoms. The van der Waals surface area contributed by atoms with Gasteiger partial charge in [0, 0.05) is 23.6 Å². The van der Waals surface area contributed by atoms with Gasteiger partial charge in [0.1, 0.15) is 6.61 Å². The summed E-state index contributed by atoms with van der Waals surface area (Å²) in [6.07, 6.45) is 1.52. The van der Waals surface area contributed by atoms with E-state index < -0.39 is 23.4 Å². The van der Waals surface area contributed by atoms with Crippen LogP contribution in [0.4, 0.5) is 0 Å². The number of aliphatic hydroxyl groups is 1. The first kappa shape index (κ1) is 19.8. The molecule has 1 aromatic heterocycles. The molecule has 2 aromatic rings. The molecule has 1 aromatic carbocycles. The fourth-order valence-corrected chi connectivity index (χ4v) is 3.84. The minimum absolute atomic E-state index is 0.00570. The molecule has 0 unspecified atom stereocenters. The van der Waals surface area contributed by atoms with Gasteiger partial charge in [-0.2, -0.15) is 0 Å². The number of benzene rings is 1. The Balaban J connectivity index is 2.18. The first-order chi connectivity index (χ1) is 13.3. The smallest absolute Gasteiger partial charge is 0.313 e. The van der Waals surface area contributed by atoms with E-state index in [9.17, 15) is 19.8 Å². The first-order valence-corrected chi connectivity index (χ1v) is 9.05. The molecule has 1 aliphatic rings. The molecule has 1 aliphatic carbocycles. The van der Waals surface area contributed by atoms with Crippen LogP contribution in [0.25, 0.3) is 0 Å². The minimum Gasteiger partial charge on any atom is -0.504 e. The summed E-state index contributed by atoms with van der Waals surface area (Å²) >= 11 is 0. The number of hydrogen-bond acceptors (Lipinski definition) is 6. The summed E-state index contributed by atoms with van der Waals surface area (Å²) in [5, 5.41) is 26.4. The number of ether oxygens (including phenoxy) is 2. The first-order valence-electron chi connectivity index (χ1n) is 9.05. The van der Waals surface area contributed by atoms with Crippen LogP contribution in [0.15, 0.2) is 35.6 Å². The lowest BCUT2D eigenvalue weighted by molar-refractivity contribution is -0.158. The van der Waals surface area contributed by atoms with Gasteiger partial charge >= 0.3 is 5.97 Å². The summed E-state index contributed by atoms with van der Waals surface area (Å²) < 4.78 is 10.7. The average molecular weight is 388 g/mol. The van der Waals surface area contributed by atoms with Crippen LogP contribution in [-0.4, -0.2) is 45.2 Å². The summed E-state index contributed by atoms with van der Waals surface area (Å²) in [6.45, 7) is 7.18. The molecular weight excluding hydrogens is 364 g/mol. The van der Waals surface area contributed by atoms with E-state index in [0.29, 0.717) is 23.4 Å². The van der Waals surface area contributed by atoms with Crippen molar-refractivity contribution in [3.8, 4) is 11.5 Å². The molecule has 0 bridgehead atoms. The van der Waals surface area contributed by atoms with E-state index >= 15 is 0 Å². The Morgan fingerprint density at radius 3 is 2.86 bits per heavy atom. The summed E-state index contributed by atoms with van der Waals surface area (Å²) in [5.74, 6) is -2.27. The Bertz CT molecular complexity index is 942. The van der Waals surface area contributed by atoms with Gasteiger partial charge in [-0.1, -0.05) is 18.7 Å². The van der Waals surface area contributed by atoms with E-state index in [-0.39, 0.29) is 30.1 Å². The predicted molar refractivity (Wildman–Crippen MR) is 102 cm³/mol. The van der Waals surface area contributed by atoms with Gasteiger partial charge < -0.3 is 24.8 Å². The Morgan fingerprint density at radius 1 is 1.43 bits per heavy atom. The maximum absolute atomic E-state index is 12.8. The predicted octanol–water partition coefficient (Wildman–Crippen LogP) is 1.59. The number of aromatic amines is 2. The maximum Gasteiger partial charge on any atom is 0.313 e. The molecule has 0 spiro atoms. The third-order valence-corrected chi connectivity index (χ3v) is 4.99. The molecule has 8 nitrogen and oxygen atoms in total. The monoisotopic (exact) mass is 388 g/mol. The number of hydrogen-bond donors (Lipinski definition) is 4. The van der Waals surface area contributed by atoms with Crippen LogP contribution in [0.2, 0.25) is 0 Å². The number of aromatic hydroxyl groups is 1. The number of esters is 1. The fourth-order valence-electron chi connectivity index (χ4n) is 3.84. The van der Waals surface area contributed by atoms with E-state index in [1.807, 2.05) is 0 Å². The van der Waals surface area contributed by atoms with Gasteiger partial charge in [-0.15, -0.1) is 0 Å². The summed E-state index contributed by atoms with van der Waals surface area (Å²) in [4.78, 5) is 25.3. The maximum atomic E-state index is 12.8. The van der Waals surface area contributed by atoms with Gasteiger partial charge in [0.15, 0.2) is 11.5 Å². The van der Waals surface area contributed by atoms with Crippen LogP contribution in [-0.2, 0) is 16.0 Å². The van der Waals surface area contributed by atoms with Gasteiger partial charge in [-0.05, 0) is 31.5 Å². The van der Waals surface area contributed by atoms with E-state index in [1.165, 1.54) is 19.1 Å². The zero-order valence-electron chi connectivity index (χ0n) is 15.8. The second kappa shape index (κ2) is 7.55. The number of rotatable bonds is 6. The lowest BCUT2D eigenvalue weighted by atomic mass is 9.66. The van der Waals surface area contributed by atoms with Crippen molar-refractivity contribution in [1.29, 1.82) is 0 Å². The van der Waals surface area contributed by atoms with Crippen molar-refractivity contribution in [3.63, 3.8) is 0 Å². The number of phenols is 1. The SMILES string of the molecule is C=CCOC(=O)[C@@H]1[C@H](c2ccc(O)c(OCC)c2)c2c([nH][nH]c2=O)C[C@]1(C)O. The molecule has 0 amide bonds. The normalized spacial score (nSPS) is 23.7. The molecule has 1 heterocycles. The molecular formula is C20H24N2O6. The summed E-state index contributed by atoms with van der Waals surface area (Å²) in [5.41, 5.74) is -0.403. The Morgan fingerprint density at radius 2 is 2.18 bits per heavy atom. The Kier molecular flexibility index (Phi) is 5.33. The second-order valence-electron chi connectivity index (χ2n) is 7.04. The summed E-state index contributed by atoms with van der Waals surface area (Å²) in [6, 6.07) is 4.62. The Labute approximate surface area is 161 Å². The number of carbonyl (C=O) groups is 1. The molecule has 3 atom stereocenters. The molecule has 0 fully saturated rings. The zero-order valence-corrected chi connectivity index (χ0v) is 15.8. The number of fused-ring (bicyclic) bond motifs is 1. The van der Waals surface area contributed by atoms with Crippen LogP contribution in [0.3, 0.4) is 0 Å². The van der Waals surface area contributed by atoms with E-state index in [1.54, 1.807) is 19.1 Å². The van der Waals surface area contributed by atoms with Crippen molar-refractivity contribution in [1.82, 2.24) is 10.2 Å². The van der Waals surface area contributed by atoms with Crippen LogP contribution >= 0.6 is 0 Å². The van der Waals surface area contributed by atoms with Crippen molar-refractivity contribution in [2.75, 3.05) is 13.2 Å². The summed E-state index contributed by atoms with van der Waals surface area (Å²) in [7, 11) is 0. The lowest BCUT2D eigenvalue weighted by Gasteiger charge is -2.40. The third kappa shape index (κ3) is 3.43. The number of aromatic nitrogens is 2. The molecule has 0 saturated carbocycles. The number of phenolic OH excluding ortho intramolecular Hbond substituents is 1. The van der Waals surface area contributed by atoms with Crippen molar-refractivity contribution < 1.29 is 24.5 Å². The van der Waals surface area contributed by atoms with Gasteiger partial charge in [0.05, 0.1) is 18.1 Å². The largest absolute Gasteiger partial charge is 0.504 e. The van der Waals surface area contributed by atoms with Crippen molar-refractivity contribution in [2.45, 2.75) is 31.8 Å². The van der Waals surface area contributed by atoms with Crippen molar-refractivity contribution >= 4 is 5.97 Å². The third-order valence-electron chi connectivity index (χ3n) is 4.99. The topological polar surface area (TPSA) is 125 Å². The van der Waals surface area contributed by atoms with Crippen LogP contribution in [0.5, 0.6) is 11.5 Å². The van der Waals surface area contributed by atoms with Crippen LogP contribution in [0, 0.1) is 5.92 Å². The average Bonchev–Trinajstić information content (AvgIpc) is 2.99. The molecule has 0 aliphatic heterocycles.